The fourth-order valence-corrected chi connectivity index (χ4v) is 4.34. The summed E-state index contributed by atoms with van der Waals surface area (Å²) in [6.07, 6.45) is 1.49. The first-order valence-corrected chi connectivity index (χ1v) is 13.0. The Bertz CT molecular complexity index is 1620. The van der Waals surface area contributed by atoms with Crippen molar-refractivity contribution in [1.82, 2.24) is 9.66 Å². The highest BCUT2D eigenvalue weighted by molar-refractivity contribution is 5.86. The van der Waals surface area contributed by atoms with Crippen molar-refractivity contribution in [3.63, 3.8) is 0 Å². The van der Waals surface area contributed by atoms with Crippen molar-refractivity contribution in [2.75, 3.05) is 27.4 Å². The van der Waals surface area contributed by atoms with Gasteiger partial charge in [-0.25, -0.2) is 9.78 Å². The second kappa shape index (κ2) is 12.5. The lowest BCUT2D eigenvalue weighted by atomic mass is 9.96. The highest BCUT2D eigenvalue weighted by atomic mass is 16.6. The Morgan fingerprint density at radius 2 is 1.82 bits per heavy atom. The average Bonchev–Trinajstić information content (AvgIpc) is 2.95. The minimum atomic E-state index is -0.544. The Morgan fingerprint density at radius 3 is 2.52 bits per heavy atom. The first-order chi connectivity index (χ1) is 19.3. The molecule has 40 heavy (non-hydrogen) atoms. The van der Waals surface area contributed by atoms with Crippen LogP contribution in [0.1, 0.15) is 43.4 Å². The molecule has 9 heteroatoms. The minimum absolute atomic E-state index is 0.177. The summed E-state index contributed by atoms with van der Waals surface area (Å²) in [7, 11) is 2.78. The van der Waals surface area contributed by atoms with Gasteiger partial charge in [-0.1, -0.05) is 32.0 Å². The lowest BCUT2D eigenvalue weighted by Crippen LogP contribution is -2.21. The molecule has 0 aliphatic rings. The van der Waals surface area contributed by atoms with Gasteiger partial charge in [0.15, 0.2) is 23.9 Å². The van der Waals surface area contributed by atoms with E-state index in [0.29, 0.717) is 40.4 Å². The van der Waals surface area contributed by atoms with Crippen LogP contribution < -0.4 is 19.8 Å². The van der Waals surface area contributed by atoms with Gasteiger partial charge in [-0.2, -0.15) is 9.78 Å². The number of hydrogen-bond donors (Lipinski definition) is 0. The van der Waals surface area contributed by atoms with E-state index < -0.39 is 5.97 Å². The van der Waals surface area contributed by atoms with Gasteiger partial charge >= 0.3 is 5.97 Å². The third-order valence-corrected chi connectivity index (χ3v) is 6.38. The van der Waals surface area contributed by atoms with E-state index in [1.54, 1.807) is 30.3 Å². The molecule has 3 aromatic carbocycles. The Kier molecular flexibility index (Phi) is 8.83. The highest BCUT2D eigenvalue weighted by Crippen LogP contribution is 2.35. The fraction of sp³-hybridized carbons (Fsp3) is 0.290. The second-order valence-corrected chi connectivity index (χ2v) is 9.35. The van der Waals surface area contributed by atoms with E-state index in [0.717, 1.165) is 22.4 Å². The molecule has 4 rings (SSSR count). The third kappa shape index (κ3) is 5.83. The van der Waals surface area contributed by atoms with E-state index in [2.05, 4.69) is 18.9 Å². The van der Waals surface area contributed by atoms with Gasteiger partial charge in [-0.05, 0) is 67.3 Å². The number of para-hydroxylation sites is 2. The number of aromatic nitrogens is 2. The molecule has 0 aliphatic carbocycles. The number of aryl methyl sites for hydroxylation is 1. The highest BCUT2D eigenvalue weighted by Gasteiger charge is 2.19. The molecule has 4 aromatic rings. The zero-order chi connectivity index (χ0) is 28.8. The zero-order valence-electron chi connectivity index (χ0n) is 23.6. The quantitative estimate of drug-likeness (QED) is 0.197. The smallest absolute Gasteiger partial charge is 0.343 e. The Balaban J connectivity index is 1.93. The van der Waals surface area contributed by atoms with Crippen molar-refractivity contribution in [2.45, 2.75) is 33.6 Å². The van der Waals surface area contributed by atoms with Crippen molar-refractivity contribution >= 4 is 23.1 Å². The average molecular weight is 544 g/mol. The molecule has 0 amide bonds. The number of carbonyl (C=O) groups excluding carboxylic acids is 1. The molecule has 0 aliphatic heterocycles. The molecule has 1 heterocycles. The topological polar surface area (TPSA) is 101 Å². The van der Waals surface area contributed by atoms with Gasteiger partial charge in [0, 0.05) is 11.1 Å². The van der Waals surface area contributed by atoms with Crippen LogP contribution in [0, 0.1) is 6.92 Å². The van der Waals surface area contributed by atoms with E-state index in [1.165, 1.54) is 25.1 Å². The van der Waals surface area contributed by atoms with Crippen molar-refractivity contribution in [1.29, 1.82) is 0 Å². The van der Waals surface area contributed by atoms with Crippen molar-refractivity contribution < 1.29 is 23.7 Å². The molecule has 9 nitrogen and oxygen atoms in total. The van der Waals surface area contributed by atoms with E-state index in [4.69, 9.17) is 23.9 Å². The van der Waals surface area contributed by atoms with Crippen molar-refractivity contribution in [3.05, 3.63) is 81.6 Å². The van der Waals surface area contributed by atoms with Crippen LogP contribution in [0.25, 0.3) is 22.3 Å². The molecule has 0 bridgehead atoms. The predicted molar refractivity (Wildman–Crippen MR) is 155 cm³/mol. The SMILES string of the molecule is CCOc1cc(C)c(-c2nc3ccccc3c(=O)n2N=Cc2cccc(OC)c2OCC(=O)OC)cc1C(C)C. The number of ether oxygens (including phenoxy) is 4. The van der Waals surface area contributed by atoms with Gasteiger partial charge in [0.1, 0.15) is 5.75 Å². The monoisotopic (exact) mass is 543 g/mol. The molecule has 0 fully saturated rings. The fourth-order valence-electron chi connectivity index (χ4n) is 4.34. The second-order valence-electron chi connectivity index (χ2n) is 9.35. The zero-order valence-corrected chi connectivity index (χ0v) is 23.6. The molecule has 0 unspecified atom stereocenters. The molecular weight excluding hydrogens is 510 g/mol. The summed E-state index contributed by atoms with van der Waals surface area (Å²) in [5.41, 5.74) is 3.41. The van der Waals surface area contributed by atoms with Crippen LogP contribution in [-0.4, -0.2) is 49.3 Å². The number of carbonyl (C=O) groups is 1. The van der Waals surface area contributed by atoms with E-state index >= 15 is 0 Å². The maximum Gasteiger partial charge on any atom is 0.343 e. The molecule has 0 radical (unpaired) electrons. The summed E-state index contributed by atoms with van der Waals surface area (Å²) >= 11 is 0. The van der Waals surface area contributed by atoms with E-state index in [9.17, 15) is 9.59 Å². The summed E-state index contributed by atoms with van der Waals surface area (Å²) in [5, 5.41) is 5.03. The number of hydrogen-bond acceptors (Lipinski definition) is 8. The maximum atomic E-state index is 13.8. The molecule has 0 saturated carbocycles. The van der Waals surface area contributed by atoms with Crippen molar-refractivity contribution in [2.24, 2.45) is 5.10 Å². The summed E-state index contributed by atoms with van der Waals surface area (Å²) in [5.74, 6) is 1.53. The Morgan fingerprint density at radius 1 is 1.05 bits per heavy atom. The van der Waals surface area contributed by atoms with E-state index in [1.807, 2.05) is 38.1 Å². The number of benzene rings is 3. The number of esters is 1. The molecule has 0 saturated heterocycles. The molecular formula is C31H33N3O6. The normalized spacial score (nSPS) is 11.3. The van der Waals surface area contributed by atoms with Gasteiger partial charge in [-0.15, -0.1) is 0 Å². The number of fused-ring (bicyclic) bond motifs is 1. The number of methoxy groups -OCH3 is 2. The van der Waals surface area contributed by atoms with Gasteiger partial charge < -0.3 is 18.9 Å². The minimum Gasteiger partial charge on any atom is -0.494 e. The van der Waals surface area contributed by atoms with Gasteiger partial charge in [-0.3, -0.25) is 4.79 Å². The molecule has 0 N–H and O–H groups in total. The van der Waals surface area contributed by atoms with E-state index in [-0.39, 0.29) is 18.1 Å². The largest absolute Gasteiger partial charge is 0.494 e. The molecule has 208 valence electrons. The van der Waals surface area contributed by atoms with Crippen LogP contribution in [-0.2, 0) is 9.53 Å². The summed E-state index contributed by atoms with van der Waals surface area (Å²) in [4.78, 5) is 30.4. The van der Waals surface area contributed by atoms with Crippen LogP contribution >= 0.6 is 0 Å². The Hall–Kier alpha value is -4.66. The van der Waals surface area contributed by atoms with Gasteiger partial charge in [0.2, 0.25) is 0 Å². The number of rotatable bonds is 10. The van der Waals surface area contributed by atoms with Crippen LogP contribution in [0.15, 0.2) is 64.5 Å². The summed E-state index contributed by atoms with van der Waals surface area (Å²) in [6, 6.07) is 16.4. The first kappa shape index (κ1) is 28.4. The molecule has 1 aromatic heterocycles. The third-order valence-electron chi connectivity index (χ3n) is 6.38. The van der Waals surface area contributed by atoms with Gasteiger partial charge in [0.25, 0.3) is 5.56 Å². The standard InChI is InChI=1S/C31H33N3O6/c1-7-39-27-15-20(4)24(16-23(27)19(2)3)30-33-25-13-9-8-12-22(25)31(36)34(30)32-17-21-11-10-14-26(37-5)29(21)40-18-28(35)38-6/h8-17,19H,7,18H2,1-6H3. The lowest BCUT2D eigenvalue weighted by molar-refractivity contribution is -0.142. The molecule has 0 atom stereocenters. The van der Waals surface area contributed by atoms with Gasteiger partial charge in [0.05, 0.1) is 37.9 Å². The summed E-state index contributed by atoms with van der Waals surface area (Å²) in [6.45, 7) is 8.32. The maximum absolute atomic E-state index is 13.8. The van der Waals surface area contributed by atoms with Crippen molar-refractivity contribution in [3.8, 4) is 28.6 Å². The number of nitrogens with zero attached hydrogens (tertiary/aromatic N) is 3. The first-order valence-electron chi connectivity index (χ1n) is 13.0. The van der Waals surface area contributed by atoms with Crippen LogP contribution in [0.4, 0.5) is 0 Å². The van der Waals surface area contributed by atoms with Crippen LogP contribution in [0.5, 0.6) is 17.2 Å². The van der Waals surface area contributed by atoms with Crippen LogP contribution in [0.3, 0.4) is 0 Å². The summed E-state index contributed by atoms with van der Waals surface area (Å²) < 4.78 is 23.0. The molecule has 0 spiro atoms. The lowest BCUT2D eigenvalue weighted by Gasteiger charge is -2.18. The Labute approximate surface area is 233 Å². The van der Waals surface area contributed by atoms with Crippen LogP contribution in [0.2, 0.25) is 0 Å². The predicted octanol–water partition coefficient (Wildman–Crippen LogP) is 5.34.